The van der Waals surface area contributed by atoms with Crippen LogP contribution >= 0.6 is 0 Å². The summed E-state index contributed by atoms with van der Waals surface area (Å²) in [5.74, 6) is 1.24. The molecule has 0 N–H and O–H groups in total. The van der Waals surface area contributed by atoms with Crippen LogP contribution in [0.4, 0.5) is 4.39 Å². The summed E-state index contributed by atoms with van der Waals surface area (Å²) in [7, 11) is 0. The molecule has 0 amide bonds. The normalized spacial score (nSPS) is 30.1. The number of fused-ring (bicyclic) bond motifs is 1. The molecule has 1 aromatic heterocycles. The maximum atomic E-state index is 13.6. The summed E-state index contributed by atoms with van der Waals surface area (Å²) in [6.07, 6.45) is 12.0. The average Bonchev–Trinajstić information content (AvgIpc) is 2.81. The van der Waals surface area contributed by atoms with Gasteiger partial charge in [0.2, 0.25) is 0 Å². The molecular weight excluding hydrogens is 437 g/mol. The largest absolute Gasteiger partial charge is 0.462 e. The molecule has 2 aliphatic carbocycles. The highest BCUT2D eigenvalue weighted by atomic mass is 19.1. The summed E-state index contributed by atoms with van der Waals surface area (Å²) in [4.78, 5) is 16.9. The lowest BCUT2D eigenvalue weighted by Gasteiger charge is -2.60. The van der Waals surface area contributed by atoms with Crippen molar-refractivity contribution in [3.63, 3.8) is 0 Å². The van der Waals surface area contributed by atoms with E-state index >= 15 is 0 Å². The Balaban J connectivity index is 1.52. The maximum Gasteiger partial charge on any atom is 0.306 e. The fourth-order valence-electron chi connectivity index (χ4n) is 7.01. The molecule has 0 bridgehead atoms. The zero-order chi connectivity index (χ0) is 25.2. The third-order valence-electron chi connectivity index (χ3n) is 8.90. The number of ether oxygens (including phenoxy) is 1. The molecule has 0 spiro atoms. The molecule has 0 radical (unpaired) electrons. The van der Waals surface area contributed by atoms with Gasteiger partial charge in [-0.1, -0.05) is 58.9 Å². The van der Waals surface area contributed by atoms with E-state index in [1.54, 1.807) is 6.07 Å². The second kappa shape index (κ2) is 10.2. The van der Waals surface area contributed by atoms with Gasteiger partial charge in [-0.2, -0.15) is 0 Å². The van der Waals surface area contributed by atoms with Crippen LogP contribution in [0.15, 0.2) is 48.7 Å². The van der Waals surface area contributed by atoms with Gasteiger partial charge in [-0.3, -0.25) is 9.78 Å². The Bertz CT molecular complexity index is 1060. The van der Waals surface area contributed by atoms with Crippen molar-refractivity contribution < 1.29 is 13.9 Å². The van der Waals surface area contributed by atoms with Gasteiger partial charge in [-0.05, 0) is 85.1 Å². The number of hydrogen-bond donors (Lipinski definition) is 0. The van der Waals surface area contributed by atoms with E-state index in [4.69, 9.17) is 4.74 Å². The number of rotatable bonds is 6. The standard InChI is InChI=1S/C31H40FNO2/c1-6-8-29(34)35-28-17-18-31(5)26(21(2)11-16-27(31)30(28,3)4)15-14-25-13-12-23(20-33-25)22-9-7-10-24(32)19-22/h7,9-10,12-15,19-21,26-28H,6,8,11,16-18H2,1-5H3/b15-14+/t21-,26+,27+,28+,31-/m0/s1. The van der Waals surface area contributed by atoms with Crippen molar-refractivity contribution in [1.82, 2.24) is 4.98 Å². The highest BCUT2D eigenvalue weighted by Crippen LogP contribution is 2.62. The molecule has 35 heavy (non-hydrogen) atoms. The number of carbonyl (C=O) groups is 1. The molecule has 188 valence electrons. The minimum absolute atomic E-state index is 0.00491. The predicted molar refractivity (Wildman–Crippen MR) is 140 cm³/mol. The summed E-state index contributed by atoms with van der Waals surface area (Å²) < 4.78 is 19.6. The second-order valence-electron chi connectivity index (χ2n) is 11.6. The fourth-order valence-corrected chi connectivity index (χ4v) is 7.01. The molecule has 1 heterocycles. The predicted octanol–water partition coefficient (Wildman–Crippen LogP) is 8.10. The van der Waals surface area contributed by atoms with E-state index < -0.39 is 0 Å². The summed E-state index contributed by atoms with van der Waals surface area (Å²) >= 11 is 0. The van der Waals surface area contributed by atoms with E-state index in [-0.39, 0.29) is 28.7 Å². The molecule has 2 fully saturated rings. The second-order valence-corrected chi connectivity index (χ2v) is 11.6. The quantitative estimate of drug-likeness (QED) is 0.395. The van der Waals surface area contributed by atoms with Gasteiger partial charge in [0.1, 0.15) is 11.9 Å². The number of aromatic nitrogens is 1. The summed E-state index contributed by atoms with van der Waals surface area (Å²) in [5, 5.41) is 0. The van der Waals surface area contributed by atoms with Crippen LogP contribution in [-0.4, -0.2) is 17.1 Å². The Morgan fingerprint density at radius 3 is 2.63 bits per heavy atom. The Morgan fingerprint density at radius 1 is 1.14 bits per heavy atom. The van der Waals surface area contributed by atoms with Crippen LogP contribution in [0.1, 0.15) is 78.8 Å². The Kier molecular flexibility index (Phi) is 7.49. The van der Waals surface area contributed by atoms with Crippen LogP contribution in [0.5, 0.6) is 0 Å². The van der Waals surface area contributed by atoms with Gasteiger partial charge < -0.3 is 4.74 Å². The number of nitrogens with zero attached hydrogens (tertiary/aromatic N) is 1. The van der Waals surface area contributed by atoms with E-state index in [9.17, 15) is 9.18 Å². The van der Waals surface area contributed by atoms with Crippen LogP contribution < -0.4 is 0 Å². The van der Waals surface area contributed by atoms with Gasteiger partial charge in [0.25, 0.3) is 0 Å². The minimum atomic E-state index is -0.238. The lowest BCUT2D eigenvalue weighted by molar-refractivity contribution is -0.180. The number of hydrogen-bond acceptors (Lipinski definition) is 3. The smallest absolute Gasteiger partial charge is 0.306 e. The number of benzene rings is 1. The maximum absolute atomic E-state index is 13.6. The van der Waals surface area contributed by atoms with Crippen LogP contribution in [0.3, 0.4) is 0 Å². The molecular formula is C31H40FNO2. The van der Waals surface area contributed by atoms with E-state index in [0.29, 0.717) is 24.2 Å². The Labute approximate surface area is 210 Å². The van der Waals surface area contributed by atoms with Gasteiger partial charge in [-0.25, -0.2) is 4.39 Å². The molecule has 4 heteroatoms. The highest BCUT2D eigenvalue weighted by molar-refractivity contribution is 5.69. The van der Waals surface area contributed by atoms with Gasteiger partial charge in [0.05, 0.1) is 5.69 Å². The Morgan fingerprint density at radius 2 is 1.94 bits per heavy atom. The Hall–Kier alpha value is -2.49. The first-order chi connectivity index (χ1) is 16.6. The fraction of sp³-hybridized carbons (Fsp3) is 0.548. The number of carbonyl (C=O) groups excluding carboxylic acids is 1. The van der Waals surface area contributed by atoms with E-state index in [0.717, 1.165) is 36.1 Å². The third kappa shape index (κ3) is 5.22. The molecule has 3 nitrogen and oxygen atoms in total. The van der Waals surface area contributed by atoms with Crippen molar-refractivity contribution in [2.45, 2.75) is 79.2 Å². The molecule has 5 atom stereocenters. The molecule has 0 saturated heterocycles. The van der Waals surface area contributed by atoms with Gasteiger partial charge in [0.15, 0.2) is 0 Å². The van der Waals surface area contributed by atoms with Crippen LogP contribution in [0.2, 0.25) is 0 Å². The van der Waals surface area contributed by atoms with Crippen LogP contribution in [0.25, 0.3) is 17.2 Å². The van der Waals surface area contributed by atoms with Gasteiger partial charge in [-0.15, -0.1) is 0 Å². The molecule has 2 aliphatic rings. The first-order valence-electron chi connectivity index (χ1n) is 13.2. The number of pyridine rings is 1. The molecule has 1 aromatic carbocycles. The van der Waals surface area contributed by atoms with Crippen molar-refractivity contribution in [1.29, 1.82) is 0 Å². The summed E-state index contributed by atoms with van der Waals surface area (Å²) in [6.45, 7) is 11.5. The van der Waals surface area contributed by atoms with Crippen molar-refractivity contribution >= 4 is 12.0 Å². The van der Waals surface area contributed by atoms with Gasteiger partial charge in [0, 0.05) is 23.6 Å². The van der Waals surface area contributed by atoms with E-state index in [1.807, 2.05) is 31.3 Å². The van der Waals surface area contributed by atoms with Crippen molar-refractivity contribution in [2.75, 3.05) is 0 Å². The monoisotopic (exact) mass is 477 g/mol. The molecule has 2 aromatic rings. The molecule has 0 aliphatic heterocycles. The number of esters is 1. The van der Waals surface area contributed by atoms with Crippen molar-refractivity contribution in [3.05, 3.63) is 60.2 Å². The van der Waals surface area contributed by atoms with E-state index in [1.165, 1.54) is 25.0 Å². The summed E-state index contributed by atoms with van der Waals surface area (Å²) in [6, 6.07) is 10.6. The highest BCUT2D eigenvalue weighted by Gasteiger charge is 2.57. The van der Waals surface area contributed by atoms with Gasteiger partial charge >= 0.3 is 5.97 Å². The van der Waals surface area contributed by atoms with Crippen molar-refractivity contribution in [2.24, 2.45) is 28.6 Å². The first kappa shape index (κ1) is 25.6. The minimum Gasteiger partial charge on any atom is -0.462 e. The zero-order valence-corrected chi connectivity index (χ0v) is 21.9. The number of allylic oxidation sites excluding steroid dienone is 1. The third-order valence-corrected chi connectivity index (χ3v) is 8.90. The van der Waals surface area contributed by atoms with Crippen LogP contribution in [0, 0.1) is 34.4 Å². The topological polar surface area (TPSA) is 39.2 Å². The molecule has 2 saturated carbocycles. The van der Waals surface area contributed by atoms with Crippen molar-refractivity contribution in [3.8, 4) is 11.1 Å². The number of halogens is 1. The molecule has 0 unspecified atom stereocenters. The molecule has 4 rings (SSSR count). The zero-order valence-electron chi connectivity index (χ0n) is 21.9. The van der Waals surface area contributed by atoms with E-state index in [2.05, 4.69) is 44.8 Å². The SMILES string of the molecule is CCCC(=O)O[C@@H]1CC[C@@]2(C)[C@H](/C=C/c3ccc(-c4cccc(F)c4)cn3)[C@@H](C)CC[C@@H]2C1(C)C. The lowest BCUT2D eigenvalue weighted by Crippen LogP contribution is -2.56. The first-order valence-corrected chi connectivity index (χ1v) is 13.2. The average molecular weight is 478 g/mol. The van der Waals surface area contributed by atoms with Crippen LogP contribution in [-0.2, 0) is 9.53 Å². The summed E-state index contributed by atoms with van der Waals surface area (Å²) in [5.41, 5.74) is 2.78. The lowest BCUT2D eigenvalue weighted by atomic mass is 9.46.